The van der Waals surface area contributed by atoms with Crippen LogP contribution in [0.3, 0.4) is 0 Å². The van der Waals surface area contributed by atoms with E-state index in [0.29, 0.717) is 23.8 Å². The maximum atomic E-state index is 10.9. The van der Waals surface area contributed by atoms with Crippen LogP contribution in [0.15, 0.2) is 0 Å². The molecule has 8 nitrogen and oxygen atoms in total. The molecule has 0 spiro atoms. The van der Waals surface area contributed by atoms with Crippen molar-refractivity contribution in [3.8, 4) is 0 Å². The van der Waals surface area contributed by atoms with Gasteiger partial charge in [0.2, 0.25) is 0 Å². The zero-order chi connectivity index (χ0) is 12.3. The molecule has 0 amide bonds. The van der Waals surface area contributed by atoms with Gasteiger partial charge in [-0.2, -0.15) is 5.21 Å². The number of nitrogens with zero attached hydrogens (tertiary/aromatic N) is 5. The molecule has 0 saturated carbocycles. The summed E-state index contributed by atoms with van der Waals surface area (Å²) < 4.78 is 0. The van der Waals surface area contributed by atoms with Gasteiger partial charge in [0.15, 0.2) is 12.1 Å². The lowest BCUT2D eigenvalue weighted by Crippen LogP contribution is -2.08. The Labute approximate surface area is 101 Å². The van der Waals surface area contributed by atoms with Crippen molar-refractivity contribution in [2.24, 2.45) is 0 Å². The maximum absolute atomic E-state index is 10.9. The molecule has 9 heteroatoms. The van der Waals surface area contributed by atoms with Crippen molar-refractivity contribution in [2.45, 2.75) is 13.5 Å². The second-order valence-corrected chi connectivity index (χ2v) is 3.48. The van der Waals surface area contributed by atoms with Crippen molar-refractivity contribution >= 4 is 23.7 Å². The number of rotatable bonds is 4. The summed E-state index contributed by atoms with van der Waals surface area (Å²) in [7, 11) is 0. The number of aromatic nitrogens is 6. The quantitative estimate of drug-likeness (QED) is 0.599. The van der Waals surface area contributed by atoms with E-state index in [-0.39, 0.29) is 17.3 Å². The van der Waals surface area contributed by atoms with Crippen LogP contribution in [-0.2, 0) is 6.54 Å². The minimum Gasteiger partial charge on any atom is -0.362 e. The van der Waals surface area contributed by atoms with E-state index in [9.17, 15) is 4.79 Å². The third kappa shape index (κ3) is 2.53. The Morgan fingerprint density at radius 3 is 2.94 bits per heavy atom. The van der Waals surface area contributed by atoms with E-state index in [0.717, 1.165) is 0 Å². The van der Waals surface area contributed by atoms with E-state index in [1.807, 2.05) is 0 Å². The average molecular weight is 254 g/mol. The number of hydrogen-bond acceptors (Lipinski definition) is 7. The third-order valence-electron chi connectivity index (χ3n) is 1.93. The topological polar surface area (TPSA) is 109 Å². The first-order valence-corrected chi connectivity index (χ1v) is 5.04. The SMILES string of the molecule is Cc1nc(Cl)c(C=O)c(NCc2nn[nH]n2)n1. The minimum absolute atomic E-state index is 0.114. The van der Waals surface area contributed by atoms with Crippen LogP contribution in [0.2, 0.25) is 5.15 Å². The fraction of sp³-hybridized carbons (Fsp3) is 0.250. The second-order valence-electron chi connectivity index (χ2n) is 3.12. The van der Waals surface area contributed by atoms with Gasteiger partial charge < -0.3 is 5.32 Å². The number of aldehydes is 1. The molecular weight excluding hydrogens is 246 g/mol. The lowest BCUT2D eigenvalue weighted by Gasteiger charge is -2.07. The Bertz CT molecular complexity index is 527. The second kappa shape index (κ2) is 4.83. The van der Waals surface area contributed by atoms with Gasteiger partial charge in [-0.3, -0.25) is 4.79 Å². The van der Waals surface area contributed by atoms with Gasteiger partial charge in [0, 0.05) is 0 Å². The third-order valence-corrected chi connectivity index (χ3v) is 2.22. The predicted molar refractivity (Wildman–Crippen MR) is 58.7 cm³/mol. The van der Waals surface area contributed by atoms with Gasteiger partial charge in [0.05, 0.1) is 12.1 Å². The fourth-order valence-electron chi connectivity index (χ4n) is 1.21. The molecule has 17 heavy (non-hydrogen) atoms. The number of tetrazole rings is 1. The molecule has 2 rings (SSSR count). The standard InChI is InChI=1S/C8H8ClN7O/c1-4-11-7(9)5(3-17)8(12-4)10-2-6-13-15-16-14-6/h3H,2H2,1H3,(H,10,11,12)(H,13,14,15,16). The Morgan fingerprint density at radius 1 is 1.47 bits per heavy atom. The first-order valence-electron chi connectivity index (χ1n) is 4.66. The normalized spacial score (nSPS) is 10.2. The van der Waals surface area contributed by atoms with E-state index in [2.05, 4.69) is 35.9 Å². The molecule has 0 aliphatic heterocycles. The van der Waals surface area contributed by atoms with Crippen molar-refractivity contribution in [3.63, 3.8) is 0 Å². The molecule has 0 aliphatic carbocycles. The Hall–Kier alpha value is -2.09. The molecular formula is C8H8ClN7O. The highest BCUT2D eigenvalue weighted by Gasteiger charge is 2.11. The van der Waals surface area contributed by atoms with Crippen molar-refractivity contribution in [1.29, 1.82) is 0 Å². The summed E-state index contributed by atoms with van der Waals surface area (Å²) in [4.78, 5) is 18.8. The van der Waals surface area contributed by atoms with Crippen LogP contribution < -0.4 is 5.32 Å². The van der Waals surface area contributed by atoms with Crippen LogP contribution in [-0.4, -0.2) is 36.9 Å². The Kier molecular flexibility index (Phi) is 3.24. The van der Waals surface area contributed by atoms with Gasteiger partial charge >= 0.3 is 0 Å². The molecule has 0 saturated heterocycles. The number of halogens is 1. The summed E-state index contributed by atoms with van der Waals surface area (Å²) in [6, 6.07) is 0. The van der Waals surface area contributed by atoms with E-state index >= 15 is 0 Å². The zero-order valence-electron chi connectivity index (χ0n) is 8.81. The summed E-state index contributed by atoms with van der Waals surface area (Å²) in [5.74, 6) is 1.27. The summed E-state index contributed by atoms with van der Waals surface area (Å²) in [6.45, 7) is 1.96. The molecule has 2 aromatic rings. The summed E-state index contributed by atoms with van der Waals surface area (Å²) in [5.41, 5.74) is 0.209. The lowest BCUT2D eigenvalue weighted by atomic mass is 10.3. The van der Waals surface area contributed by atoms with Gasteiger partial charge in [-0.05, 0) is 6.92 Å². The van der Waals surface area contributed by atoms with E-state index in [4.69, 9.17) is 11.6 Å². The minimum atomic E-state index is 0.114. The van der Waals surface area contributed by atoms with Crippen molar-refractivity contribution in [2.75, 3.05) is 5.32 Å². The molecule has 0 aromatic carbocycles. The number of anilines is 1. The molecule has 0 radical (unpaired) electrons. The number of hydrogen-bond donors (Lipinski definition) is 2. The largest absolute Gasteiger partial charge is 0.362 e. The molecule has 2 N–H and O–H groups in total. The highest BCUT2D eigenvalue weighted by atomic mass is 35.5. The van der Waals surface area contributed by atoms with Crippen LogP contribution in [0.25, 0.3) is 0 Å². The lowest BCUT2D eigenvalue weighted by molar-refractivity contribution is 0.112. The highest BCUT2D eigenvalue weighted by Crippen LogP contribution is 2.19. The van der Waals surface area contributed by atoms with Crippen LogP contribution in [0.4, 0.5) is 5.82 Å². The van der Waals surface area contributed by atoms with Gasteiger partial charge in [-0.1, -0.05) is 16.8 Å². The van der Waals surface area contributed by atoms with Gasteiger partial charge in [-0.15, -0.1) is 10.2 Å². The number of carbonyl (C=O) groups excluding carboxylic acids is 1. The van der Waals surface area contributed by atoms with E-state index in [1.54, 1.807) is 6.92 Å². The van der Waals surface area contributed by atoms with Crippen LogP contribution in [0.5, 0.6) is 0 Å². The smallest absolute Gasteiger partial charge is 0.193 e. The molecule has 2 aromatic heterocycles. The molecule has 0 bridgehead atoms. The Morgan fingerprint density at radius 2 is 2.29 bits per heavy atom. The summed E-state index contributed by atoms with van der Waals surface area (Å²) in [6.07, 6.45) is 0.598. The zero-order valence-corrected chi connectivity index (χ0v) is 9.56. The maximum Gasteiger partial charge on any atom is 0.193 e. The van der Waals surface area contributed by atoms with Crippen LogP contribution in [0, 0.1) is 6.92 Å². The van der Waals surface area contributed by atoms with Gasteiger partial charge in [0.25, 0.3) is 0 Å². The number of aromatic amines is 1. The fourth-order valence-corrected chi connectivity index (χ4v) is 1.46. The molecule has 0 aliphatic rings. The molecule has 88 valence electrons. The van der Waals surface area contributed by atoms with Crippen LogP contribution >= 0.6 is 11.6 Å². The molecule has 2 heterocycles. The average Bonchev–Trinajstić information content (AvgIpc) is 2.78. The van der Waals surface area contributed by atoms with Gasteiger partial charge in [-0.25, -0.2) is 9.97 Å². The first-order chi connectivity index (χ1) is 8.20. The van der Waals surface area contributed by atoms with Crippen LogP contribution in [0.1, 0.15) is 22.0 Å². The number of aryl methyl sites for hydroxylation is 1. The predicted octanol–water partition coefficient (Wildman–Crippen LogP) is 0.376. The van der Waals surface area contributed by atoms with E-state index in [1.165, 1.54) is 0 Å². The Balaban J connectivity index is 2.22. The monoisotopic (exact) mass is 253 g/mol. The number of nitrogens with one attached hydrogen (secondary N) is 2. The number of H-pyrrole nitrogens is 1. The molecule has 0 unspecified atom stereocenters. The molecule has 0 fully saturated rings. The van der Waals surface area contributed by atoms with Gasteiger partial charge in [0.1, 0.15) is 16.8 Å². The first kappa shape index (κ1) is 11.4. The van der Waals surface area contributed by atoms with Crippen molar-refractivity contribution < 1.29 is 4.79 Å². The van der Waals surface area contributed by atoms with E-state index < -0.39 is 0 Å². The van der Waals surface area contributed by atoms with Crippen molar-refractivity contribution in [1.82, 2.24) is 30.6 Å². The molecule has 0 atom stereocenters. The number of carbonyl (C=O) groups is 1. The van der Waals surface area contributed by atoms with Crippen molar-refractivity contribution in [3.05, 3.63) is 22.4 Å². The summed E-state index contributed by atoms with van der Waals surface area (Å²) >= 11 is 5.82. The highest BCUT2D eigenvalue weighted by molar-refractivity contribution is 6.32. The summed E-state index contributed by atoms with van der Waals surface area (Å²) in [5, 5.41) is 16.3.